The number of hydrogen-bond acceptors (Lipinski definition) is 4. The molecule has 0 aromatic carbocycles. The molecule has 6 nitrogen and oxygen atoms in total. The number of likely N-dealkylation sites (tertiary alicyclic amines) is 1. The van der Waals surface area contributed by atoms with Crippen molar-refractivity contribution in [1.82, 2.24) is 9.80 Å². The molecule has 3 aliphatic rings. The maximum Gasteiger partial charge on any atom is 0.222 e. The Morgan fingerprint density at radius 3 is 2.10 bits per heavy atom. The Balaban J connectivity index is 1.26. The molecule has 3 heterocycles. The molecule has 0 aliphatic carbocycles. The van der Waals surface area contributed by atoms with Gasteiger partial charge in [0.15, 0.2) is 0 Å². The van der Waals surface area contributed by atoms with Gasteiger partial charge in [0.1, 0.15) is 0 Å². The number of carbonyl (C=O) groups is 2. The lowest BCUT2D eigenvalue weighted by Crippen LogP contribution is -2.39. The molecule has 0 N–H and O–H groups in total. The van der Waals surface area contributed by atoms with E-state index < -0.39 is 0 Å². The molecule has 6 heteroatoms. The summed E-state index contributed by atoms with van der Waals surface area (Å²) >= 11 is 0. The van der Waals surface area contributed by atoms with Crippen LogP contribution in [-0.4, -0.2) is 73.2 Å². The smallest absolute Gasteiger partial charge is 0.222 e. The molecule has 3 rings (SSSR count). The predicted octanol–water partition coefficient (Wildman–Crippen LogP) is 3.77. The van der Waals surface area contributed by atoms with E-state index in [1.165, 1.54) is 0 Å². The molecule has 0 bridgehead atoms. The molecule has 30 heavy (non-hydrogen) atoms. The summed E-state index contributed by atoms with van der Waals surface area (Å²) in [5.74, 6) is 1.27. The van der Waals surface area contributed by atoms with E-state index in [1.807, 2.05) is 4.90 Å². The fourth-order valence-corrected chi connectivity index (χ4v) is 5.13. The molecule has 0 aromatic rings. The molecule has 2 atom stereocenters. The second kappa shape index (κ2) is 12.7. The lowest BCUT2D eigenvalue weighted by atomic mass is 9.92. The summed E-state index contributed by atoms with van der Waals surface area (Å²) in [4.78, 5) is 29.0. The highest BCUT2D eigenvalue weighted by molar-refractivity contribution is 5.76. The second-order valence-corrected chi connectivity index (χ2v) is 9.29. The van der Waals surface area contributed by atoms with Crippen molar-refractivity contribution < 1.29 is 19.1 Å². The van der Waals surface area contributed by atoms with Gasteiger partial charge in [0.25, 0.3) is 0 Å². The van der Waals surface area contributed by atoms with Gasteiger partial charge in [-0.05, 0) is 77.0 Å². The van der Waals surface area contributed by atoms with E-state index in [-0.39, 0.29) is 5.91 Å². The van der Waals surface area contributed by atoms with Gasteiger partial charge in [0.2, 0.25) is 11.8 Å². The molecule has 0 radical (unpaired) electrons. The Morgan fingerprint density at radius 1 is 0.900 bits per heavy atom. The summed E-state index contributed by atoms with van der Waals surface area (Å²) < 4.78 is 11.3. The van der Waals surface area contributed by atoms with Crippen molar-refractivity contribution in [3.8, 4) is 0 Å². The van der Waals surface area contributed by atoms with Gasteiger partial charge in [0, 0.05) is 52.2 Å². The first kappa shape index (κ1) is 23.5. The first-order chi connectivity index (χ1) is 14.7. The van der Waals surface area contributed by atoms with Crippen LogP contribution in [0.5, 0.6) is 0 Å². The lowest BCUT2D eigenvalue weighted by Gasteiger charge is -2.32. The fourth-order valence-electron chi connectivity index (χ4n) is 5.13. The van der Waals surface area contributed by atoms with Gasteiger partial charge in [-0.3, -0.25) is 9.59 Å². The zero-order valence-corrected chi connectivity index (χ0v) is 19.0. The maximum absolute atomic E-state index is 12.5. The van der Waals surface area contributed by atoms with E-state index in [9.17, 15) is 9.59 Å². The third-order valence-electron chi connectivity index (χ3n) is 7.15. The van der Waals surface area contributed by atoms with Gasteiger partial charge in [0.05, 0.1) is 12.2 Å². The van der Waals surface area contributed by atoms with Gasteiger partial charge in [-0.15, -0.1) is 0 Å². The molecular weight excluding hydrogens is 380 g/mol. The minimum absolute atomic E-state index is 0.277. The molecule has 3 saturated heterocycles. The number of hydrogen-bond donors (Lipinski definition) is 0. The van der Waals surface area contributed by atoms with Crippen LogP contribution in [0.25, 0.3) is 0 Å². The largest absolute Gasteiger partial charge is 0.378 e. The Bertz CT molecular complexity index is 521. The molecule has 0 unspecified atom stereocenters. The molecule has 0 saturated carbocycles. The first-order valence-electron chi connectivity index (χ1n) is 12.4. The molecule has 0 aromatic heterocycles. The van der Waals surface area contributed by atoms with E-state index in [2.05, 4.69) is 11.8 Å². The van der Waals surface area contributed by atoms with Crippen LogP contribution in [0.4, 0.5) is 0 Å². The topological polar surface area (TPSA) is 59.1 Å². The van der Waals surface area contributed by atoms with E-state index in [4.69, 9.17) is 9.47 Å². The van der Waals surface area contributed by atoms with Crippen molar-refractivity contribution in [3.05, 3.63) is 0 Å². The summed E-state index contributed by atoms with van der Waals surface area (Å²) in [6.07, 6.45) is 12.5. The molecule has 2 amide bonds. The average molecular weight is 423 g/mol. The Labute approximate surface area is 182 Å². The Kier molecular flexibility index (Phi) is 9.92. The van der Waals surface area contributed by atoms with Crippen molar-refractivity contribution in [2.24, 2.45) is 5.92 Å². The van der Waals surface area contributed by atoms with E-state index in [0.29, 0.717) is 36.9 Å². The number of rotatable bonds is 11. The van der Waals surface area contributed by atoms with E-state index >= 15 is 0 Å². The molecule has 3 aliphatic heterocycles. The Hall–Kier alpha value is -1.14. The third kappa shape index (κ3) is 7.52. The fraction of sp³-hybridized carbons (Fsp3) is 0.917. The number of piperidine rings is 1. The highest BCUT2D eigenvalue weighted by Crippen LogP contribution is 2.24. The maximum atomic E-state index is 12.5. The molecule has 172 valence electrons. The molecular formula is C24H42N2O4. The van der Waals surface area contributed by atoms with Crippen LogP contribution in [0, 0.1) is 5.92 Å². The SMILES string of the molecule is CCN(CCCC1CCN(C(=O)CC[C@@H]2CCCO2)CC1)C(=O)CC[C@@H]1CCCO1. The summed E-state index contributed by atoms with van der Waals surface area (Å²) in [6.45, 7) is 7.24. The van der Waals surface area contributed by atoms with Crippen LogP contribution in [0.3, 0.4) is 0 Å². The first-order valence-corrected chi connectivity index (χ1v) is 12.4. The molecule has 3 fully saturated rings. The second-order valence-electron chi connectivity index (χ2n) is 9.29. The van der Waals surface area contributed by atoms with Crippen molar-refractivity contribution in [1.29, 1.82) is 0 Å². The average Bonchev–Trinajstić information content (AvgIpc) is 3.48. The van der Waals surface area contributed by atoms with Gasteiger partial charge in [-0.25, -0.2) is 0 Å². The van der Waals surface area contributed by atoms with Crippen LogP contribution in [0.2, 0.25) is 0 Å². The monoisotopic (exact) mass is 422 g/mol. The highest BCUT2D eigenvalue weighted by atomic mass is 16.5. The van der Waals surface area contributed by atoms with Crippen LogP contribution in [-0.2, 0) is 19.1 Å². The van der Waals surface area contributed by atoms with Crippen LogP contribution >= 0.6 is 0 Å². The zero-order chi connectivity index (χ0) is 21.2. The normalized spacial score (nSPS) is 25.0. The third-order valence-corrected chi connectivity index (χ3v) is 7.15. The number of amides is 2. The summed E-state index contributed by atoms with van der Waals surface area (Å²) in [5, 5.41) is 0. The van der Waals surface area contributed by atoms with Gasteiger partial charge < -0.3 is 19.3 Å². The van der Waals surface area contributed by atoms with Gasteiger partial charge in [-0.1, -0.05) is 0 Å². The quantitative estimate of drug-likeness (QED) is 0.509. The lowest BCUT2D eigenvalue weighted by molar-refractivity contribution is -0.133. The van der Waals surface area contributed by atoms with Gasteiger partial charge in [-0.2, -0.15) is 0 Å². The Morgan fingerprint density at radius 2 is 1.53 bits per heavy atom. The van der Waals surface area contributed by atoms with E-state index in [0.717, 1.165) is 104 Å². The molecule has 0 spiro atoms. The number of nitrogens with zero attached hydrogens (tertiary/aromatic N) is 2. The summed E-state index contributed by atoms with van der Waals surface area (Å²) in [5.41, 5.74) is 0. The van der Waals surface area contributed by atoms with Crippen molar-refractivity contribution in [2.45, 2.75) is 96.2 Å². The van der Waals surface area contributed by atoms with Crippen molar-refractivity contribution >= 4 is 11.8 Å². The minimum atomic E-state index is 0.277. The summed E-state index contributed by atoms with van der Waals surface area (Å²) in [6, 6.07) is 0. The predicted molar refractivity (Wildman–Crippen MR) is 117 cm³/mol. The van der Waals surface area contributed by atoms with Crippen molar-refractivity contribution in [2.75, 3.05) is 39.4 Å². The standard InChI is InChI=1S/C24H42N2O4/c1-2-25(23(27)11-9-21-7-4-18-29-21)15-3-6-20-13-16-26(17-14-20)24(28)12-10-22-8-5-19-30-22/h20-22H,2-19H2,1H3/t21-,22-/m0/s1. The zero-order valence-electron chi connectivity index (χ0n) is 19.0. The number of ether oxygens (including phenoxy) is 2. The van der Waals surface area contributed by atoms with Crippen LogP contribution < -0.4 is 0 Å². The van der Waals surface area contributed by atoms with Crippen molar-refractivity contribution in [3.63, 3.8) is 0 Å². The van der Waals surface area contributed by atoms with E-state index in [1.54, 1.807) is 0 Å². The minimum Gasteiger partial charge on any atom is -0.378 e. The van der Waals surface area contributed by atoms with Crippen LogP contribution in [0.15, 0.2) is 0 Å². The summed E-state index contributed by atoms with van der Waals surface area (Å²) in [7, 11) is 0. The van der Waals surface area contributed by atoms with Crippen LogP contribution in [0.1, 0.15) is 84.0 Å². The number of carbonyl (C=O) groups excluding carboxylic acids is 2. The van der Waals surface area contributed by atoms with Gasteiger partial charge >= 0.3 is 0 Å². The highest BCUT2D eigenvalue weighted by Gasteiger charge is 2.25.